The maximum Gasteiger partial charge on any atom is 0.255 e. The minimum atomic E-state index is -0.211. The van der Waals surface area contributed by atoms with E-state index in [4.69, 9.17) is 15.2 Å². The summed E-state index contributed by atoms with van der Waals surface area (Å²) in [4.78, 5) is 12.0. The number of hydrogen-bond acceptors (Lipinski definition) is 4. The summed E-state index contributed by atoms with van der Waals surface area (Å²) < 4.78 is 11.0. The summed E-state index contributed by atoms with van der Waals surface area (Å²) in [6, 6.07) is 15.0. The van der Waals surface area contributed by atoms with Crippen LogP contribution in [0.3, 0.4) is 0 Å². The average molecular weight is 300 g/mol. The van der Waals surface area contributed by atoms with Crippen molar-refractivity contribution in [3.63, 3.8) is 0 Å². The normalized spacial score (nSPS) is 10.1. The van der Waals surface area contributed by atoms with Crippen molar-refractivity contribution < 1.29 is 14.3 Å². The SMILES string of the molecule is COc1cc(OCc2ccccc2)ccc1C(=O)NCCN. The molecular weight excluding hydrogens is 280 g/mol. The molecule has 0 atom stereocenters. The number of benzene rings is 2. The molecule has 0 spiro atoms. The first-order chi connectivity index (χ1) is 10.7. The van der Waals surface area contributed by atoms with Gasteiger partial charge in [-0.3, -0.25) is 4.79 Å². The monoisotopic (exact) mass is 300 g/mol. The molecule has 0 fully saturated rings. The first-order valence-corrected chi connectivity index (χ1v) is 7.07. The number of carbonyl (C=O) groups excluding carboxylic acids is 1. The molecule has 0 saturated heterocycles. The van der Waals surface area contributed by atoms with Gasteiger partial charge >= 0.3 is 0 Å². The molecule has 3 N–H and O–H groups in total. The number of hydrogen-bond donors (Lipinski definition) is 2. The number of amides is 1. The number of ether oxygens (including phenoxy) is 2. The Morgan fingerprint density at radius 3 is 2.64 bits per heavy atom. The summed E-state index contributed by atoms with van der Waals surface area (Å²) in [6.07, 6.45) is 0. The first-order valence-electron chi connectivity index (χ1n) is 7.07. The Morgan fingerprint density at radius 2 is 1.95 bits per heavy atom. The molecule has 116 valence electrons. The van der Waals surface area contributed by atoms with E-state index in [2.05, 4.69) is 5.32 Å². The molecule has 0 aromatic heterocycles. The van der Waals surface area contributed by atoms with Gasteiger partial charge in [-0.2, -0.15) is 0 Å². The highest BCUT2D eigenvalue weighted by Gasteiger charge is 2.12. The second-order valence-corrected chi connectivity index (χ2v) is 4.68. The van der Waals surface area contributed by atoms with E-state index in [1.807, 2.05) is 30.3 Å². The van der Waals surface area contributed by atoms with Crippen LogP contribution in [0.2, 0.25) is 0 Å². The molecule has 2 aromatic rings. The van der Waals surface area contributed by atoms with Gasteiger partial charge in [-0.25, -0.2) is 0 Å². The van der Waals surface area contributed by atoms with E-state index in [-0.39, 0.29) is 5.91 Å². The van der Waals surface area contributed by atoms with Crippen molar-refractivity contribution in [2.45, 2.75) is 6.61 Å². The van der Waals surface area contributed by atoms with Crippen LogP contribution in [0.4, 0.5) is 0 Å². The van der Waals surface area contributed by atoms with Crippen LogP contribution in [0.1, 0.15) is 15.9 Å². The minimum absolute atomic E-state index is 0.211. The van der Waals surface area contributed by atoms with Crippen molar-refractivity contribution >= 4 is 5.91 Å². The highest BCUT2D eigenvalue weighted by molar-refractivity contribution is 5.97. The minimum Gasteiger partial charge on any atom is -0.496 e. The largest absolute Gasteiger partial charge is 0.496 e. The lowest BCUT2D eigenvalue weighted by atomic mass is 10.1. The number of rotatable bonds is 7. The molecule has 0 saturated carbocycles. The van der Waals surface area contributed by atoms with Crippen molar-refractivity contribution in [1.82, 2.24) is 5.32 Å². The molecule has 2 rings (SSSR count). The Bertz CT molecular complexity index is 615. The standard InChI is InChI=1S/C17H20N2O3/c1-21-16-11-14(22-12-13-5-3-2-4-6-13)7-8-15(16)17(20)19-10-9-18/h2-8,11H,9-10,12,18H2,1H3,(H,19,20). The molecule has 0 heterocycles. The Balaban J connectivity index is 2.06. The summed E-state index contributed by atoms with van der Waals surface area (Å²) in [7, 11) is 1.52. The van der Waals surface area contributed by atoms with E-state index < -0.39 is 0 Å². The fourth-order valence-electron chi connectivity index (χ4n) is 1.97. The van der Waals surface area contributed by atoms with E-state index in [1.54, 1.807) is 18.2 Å². The fraction of sp³-hybridized carbons (Fsp3) is 0.235. The summed E-state index contributed by atoms with van der Waals surface area (Å²) in [6.45, 7) is 1.28. The first kappa shape index (κ1) is 15.9. The van der Waals surface area contributed by atoms with Gasteiger partial charge in [-0.1, -0.05) is 30.3 Å². The van der Waals surface area contributed by atoms with Gasteiger partial charge < -0.3 is 20.5 Å². The second kappa shape index (κ2) is 8.05. The van der Waals surface area contributed by atoms with Crippen LogP contribution in [0.5, 0.6) is 11.5 Å². The van der Waals surface area contributed by atoms with Crippen LogP contribution in [0.15, 0.2) is 48.5 Å². The average Bonchev–Trinajstić information content (AvgIpc) is 2.58. The molecule has 0 unspecified atom stereocenters. The van der Waals surface area contributed by atoms with Crippen LogP contribution in [0.25, 0.3) is 0 Å². The molecule has 0 aliphatic carbocycles. The third-order valence-corrected chi connectivity index (χ3v) is 3.10. The fourth-order valence-corrected chi connectivity index (χ4v) is 1.97. The van der Waals surface area contributed by atoms with Gasteiger partial charge in [0.2, 0.25) is 0 Å². The third-order valence-electron chi connectivity index (χ3n) is 3.10. The molecule has 0 aliphatic rings. The van der Waals surface area contributed by atoms with E-state index in [0.717, 1.165) is 5.56 Å². The third kappa shape index (κ3) is 4.23. The van der Waals surface area contributed by atoms with Gasteiger partial charge in [0.25, 0.3) is 5.91 Å². The van der Waals surface area contributed by atoms with Crippen molar-refractivity contribution in [3.05, 3.63) is 59.7 Å². The zero-order valence-electron chi connectivity index (χ0n) is 12.5. The van der Waals surface area contributed by atoms with Crippen LogP contribution in [-0.2, 0) is 6.61 Å². The number of nitrogens with one attached hydrogen (secondary N) is 1. The second-order valence-electron chi connectivity index (χ2n) is 4.68. The molecule has 5 nitrogen and oxygen atoms in total. The molecule has 5 heteroatoms. The molecule has 1 amide bonds. The van der Waals surface area contributed by atoms with Gasteiger partial charge in [0.15, 0.2) is 0 Å². The maximum atomic E-state index is 12.0. The Hall–Kier alpha value is -2.53. The predicted octanol–water partition coefficient (Wildman–Crippen LogP) is 1.96. The quantitative estimate of drug-likeness (QED) is 0.820. The summed E-state index contributed by atoms with van der Waals surface area (Å²) in [5, 5.41) is 2.72. The van der Waals surface area contributed by atoms with Crippen LogP contribution in [-0.4, -0.2) is 26.1 Å². The van der Waals surface area contributed by atoms with Gasteiger partial charge in [-0.05, 0) is 17.7 Å². The smallest absolute Gasteiger partial charge is 0.255 e. The topological polar surface area (TPSA) is 73.6 Å². The highest BCUT2D eigenvalue weighted by Crippen LogP contribution is 2.25. The van der Waals surface area contributed by atoms with Gasteiger partial charge in [0, 0.05) is 19.2 Å². The number of methoxy groups -OCH3 is 1. The van der Waals surface area contributed by atoms with Crippen molar-refractivity contribution in [2.24, 2.45) is 5.73 Å². The number of nitrogens with two attached hydrogens (primary N) is 1. The maximum absolute atomic E-state index is 12.0. The van der Waals surface area contributed by atoms with Crippen molar-refractivity contribution in [2.75, 3.05) is 20.2 Å². The van der Waals surface area contributed by atoms with Crippen LogP contribution < -0.4 is 20.5 Å². The van der Waals surface area contributed by atoms with Crippen molar-refractivity contribution in [1.29, 1.82) is 0 Å². The number of carbonyl (C=O) groups is 1. The Labute approximate surface area is 130 Å². The van der Waals surface area contributed by atoms with Crippen molar-refractivity contribution in [3.8, 4) is 11.5 Å². The van der Waals surface area contributed by atoms with Gasteiger partial charge in [0.05, 0.1) is 12.7 Å². The molecule has 0 radical (unpaired) electrons. The lowest BCUT2D eigenvalue weighted by Crippen LogP contribution is -2.29. The molecule has 0 bridgehead atoms. The summed E-state index contributed by atoms with van der Waals surface area (Å²) >= 11 is 0. The lowest BCUT2D eigenvalue weighted by Gasteiger charge is -2.12. The predicted molar refractivity (Wildman–Crippen MR) is 85.2 cm³/mol. The molecular formula is C17H20N2O3. The van der Waals surface area contributed by atoms with E-state index in [1.165, 1.54) is 7.11 Å². The van der Waals surface area contributed by atoms with Gasteiger partial charge in [0.1, 0.15) is 18.1 Å². The molecule has 2 aromatic carbocycles. The highest BCUT2D eigenvalue weighted by atomic mass is 16.5. The van der Waals surface area contributed by atoms with Gasteiger partial charge in [-0.15, -0.1) is 0 Å². The zero-order chi connectivity index (χ0) is 15.8. The van der Waals surface area contributed by atoms with E-state index >= 15 is 0 Å². The zero-order valence-corrected chi connectivity index (χ0v) is 12.5. The molecule has 0 aliphatic heterocycles. The lowest BCUT2D eigenvalue weighted by molar-refractivity contribution is 0.0951. The summed E-state index contributed by atoms with van der Waals surface area (Å²) in [5.41, 5.74) is 6.91. The Kier molecular flexibility index (Phi) is 5.80. The Morgan fingerprint density at radius 1 is 1.18 bits per heavy atom. The van der Waals surface area contributed by atoms with E-state index in [0.29, 0.717) is 36.8 Å². The van der Waals surface area contributed by atoms with Crippen LogP contribution in [0, 0.1) is 0 Å². The summed E-state index contributed by atoms with van der Waals surface area (Å²) in [5.74, 6) is 0.910. The van der Waals surface area contributed by atoms with E-state index in [9.17, 15) is 4.79 Å². The molecule has 22 heavy (non-hydrogen) atoms. The van der Waals surface area contributed by atoms with Crippen LogP contribution >= 0.6 is 0 Å².